The molecule has 0 saturated carbocycles. The number of sulfonamides is 1. The van der Waals surface area contributed by atoms with Crippen molar-refractivity contribution in [2.75, 3.05) is 32.1 Å². The number of methoxy groups -OCH3 is 2. The molecule has 46 heavy (non-hydrogen) atoms. The molecule has 0 aromatic heterocycles. The average Bonchev–Trinajstić information content (AvgIpc) is 3.06. The second kappa shape index (κ2) is 15.6. The largest absolute Gasteiger partial charge is 0.493 e. The van der Waals surface area contributed by atoms with Crippen molar-refractivity contribution in [3.8, 4) is 11.5 Å². The summed E-state index contributed by atoms with van der Waals surface area (Å²) in [6.07, 6.45) is 0.154. The smallest absolute Gasteiger partial charge is 0.264 e. The normalized spacial score (nSPS) is 11.8. The molecular formula is C33H32Cl3N3O6S. The van der Waals surface area contributed by atoms with Gasteiger partial charge in [-0.3, -0.25) is 13.9 Å². The van der Waals surface area contributed by atoms with Crippen molar-refractivity contribution < 1.29 is 27.5 Å². The molecule has 4 rings (SSSR count). The van der Waals surface area contributed by atoms with Gasteiger partial charge in [0.15, 0.2) is 11.5 Å². The summed E-state index contributed by atoms with van der Waals surface area (Å²) in [5, 5.41) is 3.70. The molecule has 0 fully saturated rings. The molecule has 2 amide bonds. The van der Waals surface area contributed by atoms with E-state index < -0.39 is 34.4 Å². The number of benzene rings is 4. The summed E-state index contributed by atoms with van der Waals surface area (Å²) in [5.41, 5.74) is 1.49. The maximum atomic E-state index is 14.4. The molecule has 0 spiro atoms. The van der Waals surface area contributed by atoms with Crippen LogP contribution in [0.25, 0.3) is 0 Å². The standard InChI is InChI=1S/C33H32Cl3N3O6S/c1-37-33(41)29(17-22-7-5-4-6-8-22)38(20-23-9-10-25(35)18-28(23)36)32(40)21-39(26-13-11-24(34)12-14-26)46(42,43)27-15-16-30(44-2)31(19-27)45-3/h4-16,18-19,29H,17,20-21H2,1-3H3,(H,37,41). The van der Waals surface area contributed by atoms with Gasteiger partial charge in [-0.15, -0.1) is 0 Å². The molecular weight excluding hydrogens is 673 g/mol. The number of anilines is 1. The Hall–Kier alpha value is -3.96. The average molecular weight is 705 g/mol. The number of rotatable bonds is 13. The van der Waals surface area contributed by atoms with E-state index in [4.69, 9.17) is 44.3 Å². The second-order valence-corrected chi connectivity index (χ2v) is 13.2. The van der Waals surface area contributed by atoms with E-state index in [-0.39, 0.29) is 34.3 Å². The Labute approximate surface area is 283 Å². The Balaban J connectivity index is 1.82. The van der Waals surface area contributed by atoms with Crippen molar-refractivity contribution in [3.05, 3.63) is 117 Å². The zero-order valence-electron chi connectivity index (χ0n) is 25.2. The van der Waals surface area contributed by atoms with E-state index in [1.54, 1.807) is 12.1 Å². The van der Waals surface area contributed by atoms with Crippen LogP contribution in [-0.4, -0.2) is 59.0 Å². The Morgan fingerprint density at radius 1 is 0.826 bits per heavy atom. The highest BCUT2D eigenvalue weighted by Gasteiger charge is 2.35. The fourth-order valence-corrected chi connectivity index (χ4v) is 6.82. The zero-order chi connectivity index (χ0) is 33.4. The van der Waals surface area contributed by atoms with E-state index in [0.717, 1.165) is 9.87 Å². The molecule has 1 atom stereocenters. The summed E-state index contributed by atoms with van der Waals surface area (Å²) in [4.78, 5) is 29.0. The summed E-state index contributed by atoms with van der Waals surface area (Å²) in [6.45, 7) is -0.767. The van der Waals surface area contributed by atoms with Crippen LogP contribution in [0.15, 0.2) is 95.9 Å². The number of halogens is 3. The van der Waals surface area contributed by atoms with Crippen molar-refractivity contribution in [2.24, 2.45) is 0 Å². The predicted octanol–water partition coefficient (Wildman–Crippen LogP) is 6.25. The third-order valence-corrected chi connectivity index (χ3v) is 9.82. The van der Waals surface area contributed by atoms with Crippen LogP contribution in [0, 0.1) is 0 Å². The zero-order valence-corrected chi connectivity index (χ0v) is 28.3. The first kappa shape index (κ1) is 34.9. The molecule has 0 aliphatic carbocycles. The first-order chi connectivity index (χ1) is 22.0. The van der Waals surface area contributed by atoms with Gasteiger partial charge in [-0.2, -0.15) is 0 Å². The van der Waals surface area contributed by atoms with Crippen molar-refractivity contribution >= 4 is 62.3 Å². The number of amides is 2. The summed E-state index contributed by atoms with van der Waals surface area (Å²) < 4.78 is 40.1. The molecule has 4 aromatic carbocycles. The van der Waals surface area contributed by atoms with Gasteiger partial charge in [0.1, 0.15) is 12.6 Å². The van der Waals surface area contributed by atoms with E-state index in [1.165, 1.54) is 74.7 Å². The molecule has 1 N–H and O–H groups in total. The van der Waals surface area contributed by atoms with E-state index in [2.05, 4.69) is 5.32 Å². The van der Waals surface area contributed by atoms with Crippen LogP contribution in [0.1, 0.15) is 11.1 Å². The molecule has 0 heterocycles. The summed E-state index contributed by atoms with van der Waals surface area (Å²) in [5.74, 6) is -0.582. The SMILES string of the molecule is CNC(=O)C(Cc1ccccc1)N(Cc1ccc(Cl)cc1Cl)C(=O)CN(c1ccc(Cl)cc1)S(=O)(=O)c1ccc(OC)c(OC)c1. The fourth-order valence-electron chi connectivity index (χ4n) is 4.79. The maximum absolute atomic E-state index is 14.4. The minimum absolute atomic E-state index is 0.107. The van der Waals surface area contributed by atoms with Gasteiger partial charge in [-0.1, -0.05) is 71.2 Å². The molecule has 4 aromatic rings. The third kappa shape index (κ3) is 8.24. The van der Waals surface area contributed by atoms with Gasteiger partial charge >= 0.3 is 0 Å². The van der Waals surface area contributed by atoms with Gasteiger partial charge < -0.3 is 19.7 Å². The lowest BCUT2D eigenvalue weighted by Crippen LogP contribution is -2.53. The van der Waals surface area contributed by atoms with E-state index in [9.17, 15) is 18.0 Å². The van der Waals surface area contributed by atoms with Gasteiger partial charge in [0.25, 0.3) is 10.0 Å². The lowest BCUT2D eigenvalue weighted by molar-refractivity contribution is -0.139. The number of carbonyl (C=O) groups is 2. The molecule has 0 aliphatic heterocycles. The predicted molar refractivity (Wildman–Crippen MR) is 181 cm³/mol. The van der Waals surface area contributed by atoms with Gasteiger partial charge in [-0.25, -0.2) is 8.42 Å². The first-order valence-electron chi connectivity index (χ1n) is 14.0. The highest BCUT2D eigenvalue weighted by atomic mass is 35.5. The Morgan fingerprint density at radius 3 is 2.09 bits per heavy atom. The summed E-state index contributed by atoms with van der Waals surface area (Å²) >= 11 is 18.8. The third-order valence-electron chi connectivity index (χ3n) is 7.21. The summed E-state index contributed by atoms with van der Waals surface area (Å²) in [6, 6.07) is 23.1. The molecule has 242 valence electrons. The molecule has 1 unspecified atom stereocenters. The number of likely N-dealkylation sites (N-methyl/N-ethyl adjacent to an activating group) is 1. The van der Waals surface area contributed by atoms with Crippen LogP contribution in [0.5, 0.6) is 11.5 Å². The number of hydrogen-bond acceptors (Lipinski definition) is 6. The topological polar surface area (TPSA) is 105 Å². The second-order valence-electron chi connectivity index (χ2n) is 10.1. The minimum Gasteiger partial charge on any atom is -0.493 e. The lowest BCUT2D eigenvalue weighted by atomic mass is 10.0. The van der Waals surface area contributed by atoms with E-state index in [0.29, 0.717) is 21.4 Å². The lowest BCUT2D eigenvalue weighted by Gasteiger charge is -2.33. The van der Waals surface area contributed by atoms with Crippen LogP contribution < -0.4 is 19.1 Å². The number of ether oxygens (including phenoxy) is 2. The van der Waals surface area contributed by atoms with Crippen LogP contribution in [-0.2, 0) is 32.6 Å². The van der Waals surface area contributed by atoms with Gasteiger partial charge in [0.2, 0.25) is 11.8 Å². The first-order valence-corrected chi connectivity index (χ1v) is 16.5. The Kier molecular flexibility index (Phi) is 11.8. The van der Waals surface area contributed by atoms with Gasteiger partial charge in [0.05, 0.1) is 24.8 Å². The van der Waals surface area contributed by atoms with Gasteiger partial charge in [0, 0.05) is 41.1 Å². The highest BCUT2D eigenvalue weighted by molar-refractivity contribution is 7.92. The Morgan fingerprint density at radius 2 is 1.48 bits per heavy atom. The van der Waals surface area contributed by atoms with Gasteiger partial charge in [-0.05, 0) is 59.7 Å². The number of nitrogens with one attached hydrogen (secondary N) is 1. The van der Waals surface area contributed by atoms with Crippen molar-refractivity contribution in [2.45, 2.75) is 23.9 Å². The van der Waals surface area contributed by atoms with E-state index in [1.807, 2.05) is 30.3 Å². The van der Waals surface area contributed by atoms with Crippen molar-refractivity contribution in [1.82, 2.24) is 10.2 Å². The highest BCUT2D eigenvalue weighted by Crippen LogP contribution is 2.33. The monoisotopic (exact) mass is 703 g/mol. The molecule has 9 nitrogen and oxygen atoms in total. The fraction of sp³-hybridized carbons (Fsp3) is 0.212. The van der Waals surface area contributed by atoms with Crippen molar-refractivity contribution in [3.63, 3.8) is 0 Å². The maximum Gasteiger partial charge on any atom is 0.264 e. The minimum atomic E-state index is -4.39. The van der Waals surface area contributed by atoms with E-state index >= 15 is 0 Å². The quantitative estimate of drug-likeness (QED) is 0.177. The molecule has 13 heteroatoms. The van der Waals surface area contributed by atoms with Crippen LogP contribution >= 0.6 is 34.8 Å². The van der Waals surface area contributed by atoms with Crippen LogP contribution in [0.3, 0.4) is 0 Å². The van der Waals surface area contributed by atoms with Crippen LogP contribution in [0.4, 0.5) is 5.69 Å². The van der Waals surface area contributed by atoms with Crippen molar-refractivity contribution in [1.29, 1.82) is 0 Å². The summed E-state index contributed by atoms with van der Waals surface area (Å²) in [7, 11) is -0.0909. The molecule has 0 radical (unpaired) electrons. The number of nitrogens with zero attached hydrogens (tertiary/aromatic N) is 2. The molecule has 0 aliphatic rings. The number of carbonyl (C=O) groups excluding carboxylic acids is 2. The molecule has 0 saturated heterocycles. The molecule has 0 bridgehead atoms. The Bertz CT molecular complexity index is 1790. The number of hydrogen-bond donors (Lipinski definition) is 1. The van der Waals surface area contributed by atoms with Crippen LogP contribution in [0.2, 0.25) is 15.1 Å².